The van der Waals surface area contributed by atoms with Gasteiger partial charge in [-0.15, -0.1) is 0 Å². The van der Waals surface area contributed by atoms with Gasteiger partial charge >= 0.3 is 5.97 Å². The van der Waals surface area contributed by atoms with Crippen LogP contribution in [-0.2, 0) is 4.79 Å². The molecule has 0 saturated carbocycles. The Morgan fingerprint density at radius 1 is 1.50 bits per heavy atom. The summed E-state index contributed by atoms with van der Waals surface area (Å²) >= 11 is 12.2. The maximum atomic E-state index is 11.2. The van der Waals surface area contributed by atoms with Crippen molar-refractivity contribution in [2.45, 2.75) is 30.5 Å². The van der Waals surface area contributed by atoms with Gasteiger partial charge in [-0.1, -0.05) is 61.2 Å². The predicted octanol–water partition coefficient (Wildman–Crippen LogP) is 3.79. The van der Waals surface area contributed by atoms with Crippen molar-refractivity contribution < 1.29 is 9.90 Å². The Kier molecular flexibility index (Phi) is 4.88. The van der Waals surface area contributed by atoms with E-state index in [0.29, 0.717) is 6.42 Å². The van der Waals surface area contributed by atoms with Crippen LogP contribution in [-0.4, -0.2) is 15.4 Å². The van der Waals surface area contributed by atoms with Crippen LogP contribution in [0.5, 0.6) is 0 Å². The number of hydrogen-bond acceptors (Lipinski definition) is 1. The van der Waals surface area contributed by atoms with Gasteiger partial charge in [0.25, 0.3) is 0 Å². The molecular weight excluding hydrogens is 247 g/mol. The molecule has 0 aromatic heterocycles. The fourth-order valence-electron chi connectivity index (χ4n) is 1.89. The number of halogens is 2. The number of carboxylic acids is 1. The van der Waals surface area contributed by atoms with Gasteiger partial charge in [-0.05, 0) is 12.5 Å². The second kappa shape index (κ2) is 5.74. The van der Waals surface area contributed by atoms with Crippen LogP contribution in [0.1, 0.15) is 26.2 Å². The maximum absolute atomic E-state index is 11.2. The predicted molar refractivity (Wildman–Crippen MR) is 66.9 cm³/mol. The lowest BCUT2D eigenvalue weighted by Crippen LogP contribution is -2.34. The second-order valence-electron chi connectivity index (χ2n) is 4.03. The van der Waals surface area contributed by atoms with Crippen LogP contribution in [0.4, 0.5) is 0 Å². The van der Waals surface area contributed by atoms with Crippen LogP contribution >= 0.6 is 23.2 Å². The van der Waals surface area contributed by atoms with E-state index in [1.54, 1.807) is 24.3 Å². The number of carboxylic acid groups (broad SMARTS) is 1. The molecule has 0 fully saturated rings. The van der Waals surface area contributed by atoms with Crippen LogP contribution in [0.3, 0.4) is 0 Å². The minimum absolute atomic E-state index is 0.357. The van der Waals surface area contributed by atoms with Crippen molar-refractivity contribution in [3.8, 4) is 0 Å². The monoisotopic (exact) mass is 262 g/mol. The lowest BCUT2D eigenvalue weighted by Gasteiger charge is -2.31. The smallest absolute Gasteiger partial charge is 0.307 e. The number of alkyl halides is 2. The van der Waals surface area contributed by atoms with Crippen molar-refractivity contribution in [2.75, 3.05) is 0 Å². The first-order chi connectivity index (χ1) is 7.49. The second-order valence-corrected chi connectivity index (χ2v) is 5.48. The van der Waals surface area contributed by atoms with Gasteiger partial charge in [0.2, 0.25) is 0 Å². The lowest BCUT2D eigenvalue weighted by molar-refractivity contribution is -0.143. The fourth-order valence-corrected chi connectivity index (χ4v) is 2.49. The van der Waals surface area contributed by atoms with Gasteiger partial charge in [0.15, 0.2) is 0 Å². The number of carbonyl (C=O) groups is 1. The number of unbranched alkanes of at least 4 members (excludes halogenated alkanes) is 1. The summed E-state index contributed by atoms with van der Waals surface area (Å²) in [5, 5.41) is 9.21. The largest absolute Gasteiger partial charge is 0.481 e. The van der Waals surface area contributed by atoms with E-state index in [0.717, 1.165) is 12.8 Å². The first-order valence-corrected chi connectivity index (χ1v) is 6.21. The summed E-state index contributed by atoms with van der Waals surface area (Å²) in [5.74, 6) is -1.70. The molecule has 0 aromatic carbocycles. The van der Waals surface area contributed by atoms with E-state index in [2.05, 4.69) is 0 Å². The molecule has 16 heavy (non-hydrogen) atoms. The van der Waals surface area contributed by atoms with Crippen LogP contribution < -0.4 is 0 Å². The molecule has 0 saturated heterocycles. The molecule has 0 heterocycles. The zero-order chi connectivity index (χ0) is 12.2. The topological polar surface area (TPSA) is 37.3 Å². The van der Waals surface area contributed by atoms with Crippen molar-refractivity contribution in [3.63, 3.8) is 0 Å². The molecule has 1 aliphatic rings. The molecule has 1 rings (SSSR count). The van der Waals surface area contributed by atoms with Crippen LogP contribution in [0, 0.1) is 11.8 Å². The summed E-state index contributed by atoms with van der Waals surface area (Å²) in [6, 6.07) is 0. The third-order valence-corrected chi connectivity index (χ3v) is 3.57. The van der Waals surface area contributed by atoms with Gasteiger partial charge in [-0.25, -0.2) is 0 Å². The Labute approximate surface area is 106 Å². The van der Waals surface area contributed by atoms with E-state index >= 15 is 0 Å². The van der Waals surface area contributed by atoms with Crippen molar-refractivity contribution >= 4 is 29.2 Å². The molecule has 2 unspecified atom stereocenters. The van der Waals surface area contributed by atoms with Gasteiger partial charge in [0.05, 0.1) is 5.92 Å². The first-order valence-electron chi connectivity index (χ1n) is 5.45. The van der Waals surface area contributed by atoms with Gasteiger partial charge < -0.3 is 5.11 Å². The number of aliphatic carboxylic acids is 1. The average Bonchev–Trinajstić information content (AvgIpc) is 2.20. The van der Waals surface area contributed by atoms with E-state index in [1.165, 1.54) is 0 Å². The highest BCUT2D eigenvalue weighted by Gasteiger charge is 2.40. The molecule has 90 valence electrons. The SMILES string of the molecule is CCCCC(C(=O)O)C1C=CC=CC1(Cl)Cl. The molecular formula is C12H16Cl2O2. The van der Waals surface area contributed by atoms with E-state index in [1.807, 2.05) is 6.92 Å². The van der Waals surface area contributed by atoms with E-state index < -0.39 is 16.2 Å². The summed E-state index contributed by atoms with van der Waals surface area (Å²) in [5.41, 5.74) is 0. The minimum atomic E-state index is -1.11. The van der Waals surface area contributed by atoms with Crippen LogP contribution in [0.15, 0.2) is 24.3 Å². The Morgan fingerprint density at radius 2 is 2.19 bits per heavy atom. The van der Waals surface area contributed by atoms with Crippen molar-refractivity contribution in [3.05, 3.63) is 24.3 Å². The molecule has 0 aliphatic heterocycles. The first kappa shape index (κ1) is 13.6. The molecule has 2 nitrogen and oxygen atoms in total. The Balaban J connectivity index is 2.81. The molecule has 2 atom stereocenters. The third-order valence-electron chi connectivity index (χ3n) is 2.81. The zero-order valence-corrected chi connectivity index (χ0v) is 10.7. The summed E-state index contributed by atoms with van der Waals surface area (Å²) in [4.78, 5) is 11.2. The molecule has 0 radical (unpaired) electrons. The molecule has 0 amide bonds. The standard InChI is InChI=1S/C12H16Cl2O2/c1-2-3-6-9(11(15)16)10-7-4-5-8-12(10,13)14/h4-5,7-10H,2-3,6H2,1H3,(H,15,16). The van der Waals surface area contributed by atoms with E-state index in [4.69, 9.17) is 23.2 Å². The maximum Gasteiger partial charge on any atom is 0.307 e. The third kappa shape index (κ3) is 3.26. The Morgan fingerprint density at radius 3 is 2.69 bits per heavy atom. The highest BCUT2D eigenvalue weighted by atomic mass is 35.5. The van der Waals surface area contributed by atoms with Gasteiger partial charge in [-0.3, -0.25) is 4.79 Å². The normalized spacial score (nSPS) is 24.3. The Hall–Kier alpha value is -0.470. The molecule has 0 spiro atoms. The summed E-state index contributed by atoms with van der Waals surface area (Å²) < 4.78 is -1.11. The van der Waals surface area contributed by atoms with Gasteiger partial charge in [0, 0.05) is 5.92 Å². The van der Waals surface area contributed by atoms with E-state index in [9.17, 15) is 9.90 Å². The fraction of sp³-hybridized carbons (Fsp3) is 0.583. The van der Waals surface area contributed by atoms with Crippen LogP contribution in [0.2, 0.25) is 0 Å². The lowest BCUT2D eigenvalue weighted by atomic mass is 9.83. The minimum Gasteiger partial charge on any atom is -0.481 e. The summed E-state index contributed by atoms with van der Waals surface area (Å²) in [6.07, 6.45) is 9.42. The number of allylic oxidation sites excluding steroid dienone is 4. The molecule has 0 aromatic rings. The quantitative estimate of drug-likeness (QED) is 0.766. The average molecular weight is 263 g/mol. The van der Waals surface area contributed by atoms with Crippen LogP contribution in [0.25, 0.3) is 0 Å². The Bertz CT molecular complexity index is 308. The summed E-state index contributed by atoms with van der Waals surface area (Å²) in [7, 11) is 0. The van der Waals surface area contributed by atoms with Crippen molar-refractivity contribution in [1.82, 2.24) is 0 Å². The molecule has 4 heteroatoms. The summed E-state index contributed by atoms with van der Waals surface area (Å²) in [6.45, 7) is 2.03. The van der Waals surface area contributed by atoms with Gasteiger partial charge in [0.1, 0.15) is 4.33 Å². The number of hydrogen-bond donors (Lipinski definition) is 1. The van der Waals surface area contributed by atoms with Crippen molar-refractivity contribution in [2.24, 2.45) is 11.8 Å². The molecule has 1 N–H and O–H groups in total. The highest BCUT2D eigenvalue weighted by molar-refractivity contribution is 6.50. The van der Waals surface area contributed by atoms with Crippen molar-refractivity contribution in [1.29, 1.82) is 0 Å². The zero-order valence-electron chi connectivity index (χ0n) is 9.20. The number of rotatable bonds is 5. The molecule has 0 bridgehead atoms. The van der Waals surface area contributed by atoms with Gasteiger partial charge in [-0.2, -0.15) is 0 Å². The van der Waals surface area contributed by atoms with E-state index in [-0.39, 0.29) is 5.92 Å². The molecule has 1 aliphatic carbocycles. The highest BCUT2D eigenvalue weighted by Crippen LogP contribution is 2.41.